The number of hydrogen-bond donors (Lipinski definition) is 1. The van der Waals surface area contributed by atoms with E-state index in [1.54, 1.807) is 13.8 Å². The summed E-state index contributed by atoms with van der Waals surface area (Å²) < 4.78 is 12.7. The highest BCUT2D eigenvalue weighted by Crippen LogP contribution is 2.77. The van der Waals surface area contributed by atoms with Gasteiger partial charge in [-0.25, -0.2) is 0 Å². The molecule has 0 bridgehead atoms. The van der Waals surface area contributed by atoms with Crippen molar-refractivity contribution in [2.24, 2.45) is 56.2 Å². The first-order chi connectivity index (χ1) is 27.8. The standard InChI is InChI=1S/C50H75ClN2O7/c1-31(2)42-36(55)27-50(40(59-32(3)54)30-53(25-24-52(11)12)29-33-14-13-15-34(51)26-33)23-22-48(9)35(43(42)50)16-17-38-47(8)20-19-39(60-41(56)28-45(4,5)44(57)58)46(6,7)37(47)18-21-49(38,48)10/h13-15,26,31,35,37-40H,16-25,27-30H2,1-12H3,(H,57,58)/t35-,37+,38-,39+,40+,47+,48-,49-,50+/m1/s1. The van der Waals surface area contributed by atoms with Crippen LogP contribution in [0.2, 0.25) is 5.02 Å². The SMILES string of the molecule is CC(=O)O[C@@H](CN(CCN(C)C)Cc1cccc(Cl)c1)[C@@]12CC[C@]3(C)[C@H](CC[C@@H]4[C@@]5(C)CC[C@H](OC(=O)CC(C)(C)C(=O)O)C(C)(C)[C@@H]5CC[C@]43C)C1=C(C(C)C)C(=O)C2. The van der Waals surface area contributed by atoms with Crippen molar-refractivity contribution >= 4 is 35.3 Å². The predicted octanol–water partition coefficient (Wildman–Crippen LogP) is 10.0. The van der Waals surface area contributed by atoms with Gasteiger partial charge in [-0.3, -0.25) is 24.1 Å². The Morgan fingerprint density at radius 1 is 0.933 bits per heavy atom. The van der Waals surface area contributed by atoms with Gasteiger partial charge >= 0.3 is 17.9 Å². The predicted molar refractivity (Wildman–Crippen MR) is 236 cm³/mol. The molecule has 10 heteroatoms. The van der Waals surface area contributed by atoms with Gasteiger partial charge in [0, 0.05) is 55.4 Å². The summed E-state index contributed by atoms with van der Waals surface area (Å²) in [5.41, 5.74) is 1.30. The van der Waals surface area contributed by atoms with E-state index in [2.05, 4.69) is 78.4 Å². The molecule has 0 aromatic heterocycles. The van der Waals surface area contributed by atoms with Crippen LogP contribution < -0.4 is 0 Å². The van der Waals surface area contributed by atoms with Crippen LogP contribution in [-0.4, -0.2) is 84.5 Å². The van der Waals surface area contributed by atoms with E-state index in [0.29, 0.717) is 36.4 Å². The van der Waals surface area contributed by atoms with Crippen molar-refractivity contribution in [3.8, 4) is 0 Å². The van der Waals surface area contributed by atoms with Gasteiger partial charge in [0.15, 0.2) is 5.78 Å². The van der Waals surface area contributed by atoms with Gasteiger partial charge in [0.05, 0.1) is 11.8 Å². The number of nitrogens with zero attached hydrogens (tertiary/aromatic N) is 2. The molecule has 0 heterocycles. The van der Waals surface area contributed by atoms with Crippen LogP contribution in [0.25, 0.3) is 0 Å². The van der Waals surface area contributed by atoms with Crippen LogP contribution in [-0.2, 0) is 35.2 Å². The molecule has 9 atom stereocenters. The van der Waals surface area contributed by atoms with E-state index in [9.17, 15) is 24.3 Å². The minimum atomic E-state index is -1.18. The topological polar surface area (TPSA) is 113 Å². The third-order valence-electron chi connectivity index (χ3n) is 17.4. The zero-order valence-electron chi connectivity index (χ0n) is 38.8. The summed E-state index contributed by atoms with van der Waals surface area (Å²) in [4.78, 5) is 57.4. The summed E-state index contributed by atoms with van der Waals surface area (Å²) in [5, 5.41) is 10.4. The largest absolute Gasteiger partial charge is 0.481 e. The number of fused-ring (bicyclic) bond motifs is 7. The molecule has 0 saturated heterocycles. The Bertz CT molecular complexity index is 1870. The molecule has 0 aliphatic heterocycles. The van der Waals surface area contributed by atoms with Crippen LogP contribution in [0.4, 0.5) is 0 Å². The van der Waals surface area contributed by atoms with E-state index in [1.807, 2.05) is 18.2 Å². The molecule has 5 aliphatic carbocycles. The second-order valence-corrected chi connectivity index (χ2v) is 22.8. The van der Waals surface area contributed by atoms with Gasteiger partial charge < -0.3 is 19.5 Å². The number of carboxylic acids is 1. The van der Waals surface area contributed by atoms with Gasteiger partial charge in [0.1, 0.15) is 12.2 Å². The Morgan fingerprint density at radius 2 is 1.63 bits per heavy atom. The number of allylic oxidation sites excluding steroid dienone is 1. The van der Waals surface area contributed by atoms with Crippen molar-refractivity contribution in [3.63, 3.8) is 0 Å². The van der Waals surface area contributed by atoms with Crippen molar-refractivity contribution in [1.29, 1.82) is 0 Å². The molecule has 9 nitrogen and oxygen atoms in total. The molecule has 334 valence electrons. The Morgan fingerprint density at radius 3 is 2.25 bits per heavy atom. The third-order valence-corrected chi connectivity index (χ3v) is 17.6. The summed E-state index contributed by atoms with van der Waals surface area (Å²) in [5.74, 6) is -0.472. The van der Waals surface area contributed by atoms with Crippen molar-refractivity contribution < 1.29 is 33.8 Å². The number of carbonyl (C=O) groups is 4. The number of hydrogen-bond acceptors (Lipinski definition) is 8. The second-order valence-electron chi connectivity index (χ2n) is 22.3. The lowest BCUT2D eigenvalue weighted by molar-refractivity contribution is -0.235. The molecule has 0 amide bonds. The zero-order chi connectivity index (χ0) is 44.4. The number of halogens is 1. The number of ketones is 1. The molecule has 4 fully saturated rings. The zero-order valence-corrected chi connectivity index (χ0v) is 39.6. The number of carbonyl (C=O) groups excluding carboxylic acids is 3. The smallest absolute Gasteiger partial charge is 0.309 e. The number of Topliss-reactive ketones (excluding diaryl/α,β-unsaturated/α-hetero) is 1. The molecule has 1 aromatic carbocycles. The summed E-state index contributed by atoms with van der Waals surface area (Å²) in [6.45, 7) is 24.0. The summed E-state index contributed by atoms with van der Waals surface area (Å²) in [7, 11) is 4.15. The molecule has 0 spiro atoms. The van der Waals surface area contributed by atoms with Crippen LogP contribution in [0.3, 0.4) is 0 Å². The van der Waals surface area contributed by atoms with Crippen LogP contribution in [0.15, 0.2) is 35.4 Å². The van der Waals surface area contributed by atoms with Crippen LogP contribution in [0, 0.1) is 56.2 Å². The lowest BCUT2D eigenvalue weighted by atomic mass is 9.33. The van der Waals surface area contributed by atoms with Gasteiger partial charge in [-0.05, 0) is 148 Å². The fourth-order valence-corrected chi connectivity index (χ4v) is 14.3. The summed E-state index contributed by atoms with van der Waals surface area (Å²) >= 11 is 6.46. The lowest BCUT2D eigenvalue weighted by Crippen LogP contribution is -2.66. The number of ether oxygens (including phenoxy) is 2. The maximum Gasteiger partial charge on any atom is 0.309 e. The lowest BCUT2D eigenvalue weighted by Gasteiger charge is -2.72. The second kappa shape index (κ2) is 16.7. The maximum atomic E-state index is 14.6. The quantitative estimate of drug-likeness (QED) is 0.183. The summed E-state index contributed by atoms with van der Waals surface area (Å²) in [6, 6.07) is 7.98. The number of esters is 2. The van der Waals surface area contributed by atoms with Gasteiger partial charge in [0.25, 0.3) is 0 Å². The molecule has 6 rings (SSSR count). The van der Waals surface area contributed by atoms with E-state index in [4.69, 9.17) is 21.1 Å². The molecule has 60 heavy (non-hydrogen) atoms. The number of carboxylic acid groups (broad SMARTS) is 1. The first-order valence-corrected chi connectivity index (χ1v) is 23.2. The first-order valence-electron chi connectivity index (χ1n) is 22.8. The molecule has 0 unspecified atom stereocenters. The summed E-state index contributed by atoms with van der Waals surface area (Å²) in [6.07, 6.45) is 7.08. The van der Waals surface area contributed by atoms with Crippen LogP contribution in [0.1, 0.15) is 139 Å². The van der Waals surface area contributed by atoms with Crippen LogP contribution >= 0.6 is 11.6 Å². The van der Waals surface area contributed by atoms with E-state index < -0.39 is 28.9 Å². The Kier molecular flexibility index (Phi) is 13.0. The molecule has 0 radical (unpaired) electrons. The highest BCUT2D eigenvalue weighted by atomic mass is 35.5. The average molecular weight is 852 g/mol. The molecule has 1 aromatic rings. The monoisotopic (exact) mass is 851 g/mol. The molecule has 5 aliphatic rings. The normalized spacial score (nSPS) is 34.2. The van der Waals surface area contributed by atoms with Gasteiger partial charge in [0.2, 0.25) is 0 Å². The van der Waals surface area contributed by atoms with E-state index in [0.717, 1.165) is 75.6 Å². The number of benzene rings is 1. The van der Waals surface area contributed by atoms with Crippen molar-refractivity contribution in [2.45, 2.75) is 152 Å². The van der Waals surface area contributed by atoms with Gasteiger partial charge in [-0.1, -0.05) is 72.2 Å². The number of rotatable bonds is 14. The van der Waals surface area contributed by atoms with Gasteiger partial charge in [-0.2, -0.15) is 0 Å². The molecule has 1 N–H and O–H groups in total. The first kappa shape index (κ1) is 46.7. The minimum Gasteiger partial charge on any atom is -0.481 e. The fraction of sp³-hybridized carbons (Fsp3) is 0.760. The van der Waals surface area contributed by atoms with E-state index in [1.165, 1.54) is 12.5 Å². The molecular weight excluding hydrogens is 776 g/mol. The van der Waals surface area contributed by atoms with E-state index in [-0.39, 0.29) is 57.8 Å². The Hall–Kier alpha value is -2.75. The van der Waals surface area contributed by atoms with E-state index >= 15 is 0 Å². The van der Waals surface area contributed by atoms with Crippen LogP contribution in [0.5, 0.6) is 0 Å². The van der Waals surface area contributed by atoms with Crippen molar-refractivity contribution in [3.05, 3.63) is 46.0 Å². The Balaban J connectivity index is 1.34. The number of likely N-dealkylation sites (N-methyl/N-ethyl adjacent to an activating group) is 1. The Labute approximate surface area is 365 Å². The minimum absolute atomic E-state index is 0.000408. The maximum absolute atomic E-state index is 14.6. The molecular formula is C50H75ClN2O7. The molecule has 4 saturated carbocycles. The third kappa shape index (κ3) is 8.15. The van der Waals surface area contributed by atoms with Crippen molar-refractivity contribution in [2.75, 3.05) is 33.7 Å². The fourth-order valence-electron chi connectivity index (χ4n) is 14.1. The van der Waals surface area contributed by atoms with Crippen molar-refractivity contribution in [1.82, 2.24) is 9.80 Å². The highest BCUT2D eigenvalue weighted by Gasteiger charge is 2.71. The highest BCUT2D eigenvalue weighted by molar-refractivity contribution is 6.30. The average Bonchev–Trinajstić information content (AvgIpc) is 3.44. The van der Waals surface area contributed by atoms with Gasteiger partial charge in [-0.15, -0.1) is 0 Å². The number of aliphatic carboxylic acids is 1.